The second kappa shape index (κ2) is 6.03. The maximum Gasteiger partial charge on any atom is 0.124 e. The normalized spacial score (nSPS) is 27.6. The van der Waals surface area contributed by atoms with Crippen LogP contribution in [0.5, 0.6) is 0 Å². The molecule has 2 rings (SSSR count). The molecule has 0 radical (unpaired) electrons. The minimum Gasteiger partial charge on any atom is -0.393 e. The van der Waals surface area contributed by atoms with Gasteiger partial charge in [0, 0.05) is 5.02 Å². The lowest BCUT2D eigenvalue weighted by molar-refractivity contribution is -0.0125. The predicted octanol–water partition coefficient (Wildman–Crippen LogP) is 4.84. The number of aliphatic hydroxyl groups excluding tert-OH is 1. The van der Waals surface area contributed by atoms with E-state index in [1.165, 1.54) is 18.6 Å². The van der Waals surface area contributed by atoms with Crippen molar-refractivity contribution in [2.24, 2.45) is 17.3 Å². The number of rotatable bonds is 3. The predicted molar refractivity (Wildman–Crippen MR) is 81.4 cm³/mol. The fourth-order valence-corrected chi connectivity index (χ4v) is 3.78. The first-order valence-corrected chi connectivity index (χ1v) is 7.79. The van der Waals surface area contributed by atoms with Crippen molar-refractivity contribution in [1.82, 2.24) is 0 Å². The van der Waals surface area contributed by atoms with Crippen molar-refractivity contribution in [3.63, 3.8) is 0 Å². The lowest BCUT2D eigenvalue weighted by atomic mass is 9.65. The molecule has 0 heterocycles. The van der Waals surface area contributed by atoms with E-state index in [1.54, 1.807) is 6.07 Å². The van der Waals surface area contributed by atoms with E-state index in [2.05, 4.69) is 20.8 Å². The van der Waals surface area contributed by atoms with Gasteiger partial charge in [-0.05, 0) is 54.2 Å². The van der Waals surface area contributed by atoms with Gasteiger partial charge in [0.25, 0.3) is 0 Å². The van der Waals surface area contributed by atoms with Crippen molar-refractivity contribution in [3.8, 4) is 0 Å². The molecular weight excluding hydrogens is 275 g/mol. The highest BCUT2D eigenvalue weighted by Crippen LogP contribution is 2.43. The number of hydrogen-bond donors (Lipinski definition) is 1. The summed E-state index contributed by atoms with van der Waals surface area (Å²) in [6.45, 7) is 6.55. The zero-order chi connectivity index (χ0) is 14.9. The summed E-state index contributed by atoms with van der Waals surface area (Å²) in [4.78, 5) is 0. The molecule has 0 spiro atoms. The fraction of sp³-hybridized carbons (Fsp3) is 0.647. The van der Waals surface area contributed by atoms with Crippen LogP contribution in [0.1, 0.15) is 45.6 Å². The molecule has 1 aromatic carbocycles. The summed E-state index contributed by atoms with van der Waals surface area (Å²) in [5.74, 6) is 0.578. The maximum absolute atomic E-state index is 13.1. The van der Waals surface area contributed by atoms with Crippen LogP contribution in [0.4, 0.5) is 4.39 Å². The van der Waals surface area contributed by atoms with E-state index in [4.69, 9.17) is 11.6 Å². The highest BCUT2D eigenvalue weighted by atomic mass is 35.5. The second-order valence-electron chi connectivity index (χ2n) is 6.99. The largest absolute Gasteiger partial charge is 0.393 e. The van der Waals surface area contributed by atoms with E-state index < -0.39 is 0 Å². The lowest BCUT2D eigenvalue weighted by Gasteiger charge is -2.42. The molecule has 1 aromatic rings. The molecule has 1 N–H and O–H groups in total. The summed E-state index contributed by atoms with van der Waals surface area (Å²) in [7, 11) is 0. The van der Waals surface area contributed by atoms with Gasteiger partial charge >= 0.3 is 0 Å². The van der Waals surface area contributed by atoms with Crippen LogP contribution in [0, 0.1) is 23.1 Å². The Kier molecular flexibility index (Phi) is 4.76. The third-order valence-electron chi connectivity index (χ3n) is 4.74. The molecule has 0 aliphatic heterocycles. The van der Waals surface area contributed by atoms with Crippen LogP contribution < -0.4 is 0 Å². The van der Waals surface area contributed by atoms with Gasteiger partial charge < -0.3 is 5.11 Å². The number of aliphatic hydroxyl groups is 1. The molecule has 0 saturated heterocycles. The van der Waals surface area contributed by atoms with Gasteiger partial charge in [0.15, 0.2) is 0 Å². The Morgan fingerprint density at radius 1 is 1.35 bits per heavy atom. The molecule has 20 heavy (non-hydrogen) atoms. The molecule has 3 unspecified atom stereocenters. The van der Waals surface area contributed by atoms with Gasteiger partial charge in [-0.25, -0.2) is 4.39 Å². The van der Waals surface area contributed by atoms with E-state index in [0.717, 1.165) is 24.8 Å². The quantitative estimate of drug-likeness (QED) is 0.846. The van der Waals surface area contributed by atoms with Crippen LogP contribution in [0.15, 0.2) is 18.2 Å². The molecule has 1 nitrogen and oxygen atoms in total. The van der Waals surface area contributed by atoms with Gasteiger partial charge in [-0.15, -0.1) is 0 Å². The standard InChI is InChI=1S/C17H24ClFO/c1-11-4-7-14(16(20)8-11)17(2,3)10-12-5-6-13(19)9-15(12)18/h5-6,9,11,14,16,20H,4,7-8,10H2,1-3H3. The lowest BCUT2D eigenvalue weighted by Crippen LogP contribution is -2.39. The molecule has 3 atom stereocenters. The molecule has 0 amide bonds. The maximum atomic E-state index is 13.1. The Morgan fingerprint density at radius 3 is 2.65 bits per heavy atom. The molecule has 112 valence electrons. The van der Waals surface area contributed by atoms with Crippen molar-refractivity contribution in [2.45, 2.75) is 52.6 Å². The van der Waals surface area contributed by atoms with E-state index in [9.17, 15) is 9.50 Å². The Labute approximate surface area is 126 Å². The molecule has 1 saturated carbocycles. The van der Waals surface area contributed by atoms with Gasteiger partial charge in [0.2, 0.25) is 0 Å². The summed E-state index contributed by atoms with van der Waals surface area (Å²) >= 11 is 6.13. The zero-order valence-electron chi connectivity index (χ0n) is 12.5. The minimum absolute atomic E-state index is 0.0406. The summed E-state index contributed by atoms with van der Waals surface area (Å²) in [6, 6.07) is 4.58. The highest BCUT2D eigenvalue weighted by Gasteiger charge is 2.38. The van der Waals surface area contributed by atoms with Gasteiger partial charge in [0.05, 0.1) is 6.10 Å². The molecule has 1 fully saturated rings. The average molecular weight is 299 g/mol. The van der Waals surface area contributed by atoms with Crippen molar-refractivity contribution in [1.29, 1.82) is 0 Å². The first-order chi connectivity index (χ1) is 9.29. The van der Waals surface area contributed by atoms with Gasteiger partial charge in [-0.2, -0.15) is 0 Å². The SMILES string of the molecule is CC1CCC(C(C)(C)Cc2ccc(F)cc2Cl)C(O)C1. The van der Waals surface area contributed by atoms with E-state index >= 15 is 0 Å². The van der Waals surface area contributed by atoms with Crippen molar-refractivity contribution < 1.29 is 9.50 Å². The number of halogens is 2. The van der Waals surface area contributed by atoms with Crippen LogP contribution >= 0.6 is 11.6 Å². The average Bonchev–Trinajstić information content (AvgIpc) is 2.32. The molecular formula is C17H24ClFO. The molecule has 0 aromatic heterocycles. The van der Waals surface area contributed by atoms with Crippen LogP contribution in [-0.4, -0.2) is 11.2 Å². The monoisotopic (exact) mass is 298 g/mol. The van der Waals surface area contributed by atoms with E-state index in [0.29, 0.717) is 10.9 Å². The third-order valence-corrected chi connectivity index (χ3v) is 5.10. The summed E-state index contributed by atoms with van der Waals surface area (Å²) < 4.78 is 13.1. The molecule has 1 aliphatic rings. The van der Waals surface area contributed by atoms with Gasteiger partial charge in [-0.3, -0.25) is 0 Å². The smallest absolute Gasteiger partial charge is 0.124 e. The Morgan fingerprint density at radius 2 is 2.05 bits per heavy atom. The van der Waals surface area contributed by atoms with Crippen LogP contribution in [-0.2, 0) is 6.42 Å². The van der Waals surface area contributed by atoms with Crippen LogP contribution in [0.2, 0.25) is 5.02 Å². The third kappa shape index (κ3) is 3.53. The minimum atomic E-state index is -0.303. The van der Waals surface area contributed by atoms with Crippen LogP contribution in [0.3, 0.4) is 0 Å². The van der Waals surface area contributed by atoms with Crippen molar-refractivity contribution in [3.05, 3.63) is 34.6 Å². The first kappa shape index (κ1) is 15.8. The summed E-state index contributed by atoms with van der Waals surface area (Å²) in [6.07, 6.45) is 3.62. The number of hydrogen-bond acceptors (Lipinski definition) is 1. The molecule has 1 aliphatic carbocycles. The first-order valence-electron chi connectivity index (χ1n) is 7.41. The molecule has 0 bridgehead atoms. The number of benzene rings is 1. The Balaban J connectivity index is 2.14. The highest BCUT2D eigenvalue weighted by molar-refractivity contribution is 6.31. The van der Waals surface area contributed by atoms with E-state index in [-0.39, 0.29) is 23.3 Å². The Hall–Kier alpha value is -0.600. The summed E-state index contributed by atoms with van der Waals surface area (Å²) in [5, 5.41) is 10.9. The van der Waals surface area contributed by atoms with Gasteiger partial charge in [-0.1, -0.05) is 44.9 Å². The van der Waals surface area contributed by atoms with Crippen molar-refractivity contribution in [2.75, 3.05) is 0 Å². The van der Waals surface area contributed by atoms with Gasteiger partial charge in [0.1, 0.15) is 5.82 Å². The Bertz CT molecular complexity index is 472. The van der Waals surface area contributed by atoms with E-state index in [1.807, 2.05) is 0 Å². The topological polar surface area (TPSA) is 20.2 Å². The zero-order valence-corrected chi connectivity index (χ0v) is 13.3. The van der Waals surface area contributed by atoms with Crippen LogP contribution in [0.25, 0.3) is 0 Å². The fourth-order valence-electron chi connectivity index (χ4n) is 3.55. The van der Waals surface area contributed by atoms with Crippen molar-refractivity contribution >= 4 is 11.6 Å². The second-order valence-corrected chi connectivity index (χ2v) is 7.40. The molecule has 3 heteroatoms. The summed E-state index contributed by atoms with van der Waals surface area (Å²) in [5.41, 5.74) is 0.921.